The van der Waals surface area contributed by atoms with Crippen molar-refractivity contribution >= 4 is 23.1 Å². The summed E-state index contributed by atoms with van der Waals surface area (Å²) in [7, 11) is 4.68. The maximum atomic E-state index is 13.7. The minimum atomic E-state index is -0.541. The van der Waals surface area contributed by atoms with Crippen LogP contribution in [-0.4, -0.2) is 52.4 Å². The highest BCUT2D eigenvalue weighted by Gasteiger charge is 2.41. The summed E-state index contributed by atoms with van der Waals surface area (Å²) in [5.74, 6) is 0.618. The highest BCUT2D eigenvalue weighted by Crippen LogP contribution is 2.48. The molecule has 2 aromatic rings. The van der Waals surface area contributed by atoms with E-state index in [2.05, 4.69) is 24.5 Å². The predicted molar refractivity (Wildman–Crippen MR) is 139 cm³/mol. The van der Waals surface area contributed by atoms with Crippen LogP contribution in [0.4, 0.5) is 11.4 Å². The molecular formula is C28H35N3O5. The van der Waals surface area contributed by atoms with Gasteiger partial charge in [0.1, 0.15) is 5.75 Å². The van der Waals surface area contributed by atoms with Gasteiger partial charge in [-0.25, -0.2) is 0 Å². The number of rotatable bonds is 8. The Balaban J connectivity index is 1.81. The van der Waals surface area contributed by atoms with Crippen LogP contribution in [0.1, 0.15) is 38.3 Å². The fourth-order valence-corrected chi connectivity index (χ4v) is 5.03. The zero-order chi connectivity index (χ0) is 25.9. The highest BCUT2D eigenvalue weighted by molar-refractivity contribution is 6.01. The standard InChI is InChI=1S/C28H35N3O5/c1-28(2)14-21-26(23(32)15-28)27(18-10-12-19(34-3)13-11-18)31(22-9-7-6-8-20(22)30-21)17-24(33)29-16-25(35-4)36-5/h6-13,25,27,30H,14-17H2,1-5H3,(H,29,33). The quantitative estimate of drug-likeness (QED) is 0.537. The van der Waals surface area contributed by atoms with Crippen molar-refractivity contribution in [3.05, 3.63) is 65.4 Å². The molecule has 2 N–H and O–H groups in total. The van der Waals surface area contributed by atoms with Crippen LogP contribution < -0.4 is 20.3 Å². The normalized spacial score (nSPS) is 18.8. The molecule has 0 saturated carbocycles. The molecule has 192 valence electrons. The molecule has 0 bridgehead atoms. The molecule has 1 heterocycles. The summed E-state index contributed by atoms with van der Waals surface area (Å²) < 4.78 is 15.8. The number of ether oxygens (including phenoxy) is 3. The molecule has 8 nitrogen and oxygen atoms in total. The van der Waals surface area contributed by atoms with Gasteiger partial charge in [0.2, 0.25) is 5.91 Å². The number of carbonyl (C=O) groups is 2. The highest BCUT2D eigenvalue weighted by atomic mass is 16.7. The maximum absolute atomic E-state index is 13.7. The summed E-state index contributed by atoms with van der Waals surface area (Å²) >= 11 is 0. The van der Waals surface area contributed by atoms with Gasteiger partial charge in [-0.3, -0.25) is 9.59 Å². The van der Waals surface area contributed by atoms with Gasteiger partial charge in [0, 0.05) is 31.9 Å². The SMILES string of the molecule is COc1ccc(C2C3=C(CC(C)(C)CC3=O)Nc3ccccc3N2CC(=O)NCC(OC)OC)cc1. The molecule has 0 fully saturated rings. The zero-order valence-corrected chi connectivity index (χ0v) is 21.6. The Morgan fingerprint density at radius 2 is 1.78 bits per heavy atom. The van der Waals surface area contributed by atoms with Crippen molar-refractivity contribution < 1.29 is 23.8 Å². The molecule has 8 heteroatoms. The molecule has 36 heavy (non-hydrogen) atoms. The zero-order valence-electron chi connectivity index (χ0n) is 21.6. The Kier molecular flexibility index (Phi) is 7.66. The van der Waals surface area contributed by atoms with Gasteiger partial charge in [0.25, 0.3) is 0 Å². The van der Waals surface area contributed by atoms with Gasteiger partial charge in [0.15, 0.2) is 12.1 Å². The van der Waals surface area contributed by atoms with E-state index in [1.165, 1.54) is 14.2 Å². The summed E-state index contributed by atoms with van der Waals surface area (Å²) in [5, 5.41) is 6.46. The number of hydrogen-bond acceptors (Lipinski definition) is 7. The first-order valence-electron chi connectivity index (χ1n) is 12.1. The number of allylic oxidation sites excluding steroid dienone is 1. The molecule has 0 spiro atoms. The molecule has 2 aromatic carbocycles. The summed E-state index contributed by atoms with van der Waals surface area (Å²) in [6.07, 6.45) is 0.638. The van der Waals surface area contributed by atoms with Gasteiger partial charge in [-0.05, 0) is 41.7 Å². The van der Waals surface area contributed by atoms with Gasteiger partial charge < -0.3 is 29.7 Å². The number of methoxy groups -OCH3 is 3. The van der Waals surface area contributed by atoms with Crippen LogP contribution in [0, 0.1) is 5.41 Å². The number of anilines is 2. The van der Waals surface area contributed by atoms with Crippen LogP contribution in [0.25, 0.3) is 0 Å². The first-order valence-corrected chi connectivity index (χ1v) is 12.1. The molecule has 1 aliphatic heterocycles. The number of fused-ring (bicyclic) bond motifs is 1. The number of benzene rings is 2. The summed E-state index contributed by atoms with van der Waals surface area (Å²) in [6, 6.07) is 15.1. The average Bonchev–Trinajstić information content (AvgIpc) is 2.98. The van der Waals surface area contributed by atoms with E-state index in [1.807, 2.05) is 53.4 Å². The predicted octanol–water partition coefficient (Wildman–Crippen LogP) is 4.05. The van der Waals surface area contributed by atoms with Crippen molar-refractivity contribution in [2.45, 2.75) is 39.0 Å². The van der Waals surface area contributed by atoms with Crippen LogP contribution >= 0.6 is 0 Å². The van der Waals surface area contributed by atoms with Crippen LogP contribution in [-0.2, 0) is 19.1 Å². The fourth-order valence-electron chi connectivity index (χ4n) is 5.03. The van der Waals surface area contributed by atoms with Crippen LogP contribution in [0.15, 0.2) is 59.8 Å². The topological polar surface area (TPSA) is 89.1 Å². The van der Waals surface area contributed by atoms with E-state index < -0.39 is 12.3 Å². The lowest BCUT2D eigenvalue weighted by molar-refractivity contribution is -0.126. The molecule has 4 rings (SSSR count). The lowest BCUT2D eigenvalue weighted by Gasteiger charge is -2.38. The number of amides is 1. The maximum Gasteiger partial charge on any atom is 0.239 e. The molecule has 1 unspecified atom stereocenters. The lowest BCUT2D eigenvalue weighted by Crippen LogP contribution is -2.44. The lowest BCUT2D eigenvalue weighted by atomic mass is 9.73. The largest absolute Gasteiger partial charge is 0.497 e. The molecule has 0 saturated heterocycles. The van der Waals surface area contributed by atoms with Crippen molar-refractivity contribution in [1.29, 1.82) is 0 Å². The Morgan fingerprint density at radius 3 is 2.44 bits per heavy atom. The Bertz CT molecular complexity index is 1140. The number of carbonyl (C=O) groups excluding carboxylic acids is 2. The molecule has 2 aliphatic rings. The van der Waals surface area contributed by atoms with E-state index in [1.54, 1.807) is 7.11 Å². The van der Waals surface area contributed by atoms with Gasteiger partial charge in [-0.1, -0.05) is 38.1 Å². The third kappa shape index (κ3) is 5.39. The number of Topliss-reactive ketones (excluding diaryl/α,β-unsaturated/α-hetero) is 1. The van der Waals surface area contributed by atoms with E-state index in [4.69, 9.17) is 14.2 Å². The molecule has 1 amide bonds. The molecule has 0 aromatic heterocycles. The fraction of sp³-hybridized carbons (Fsp3) is 0.429. The second-order valence-electron chi connectivity index (χ2n) is 9.98. The Labute approximate surface area is 212 Å². The molecule has 0 radical (unpaired) electrons. The van der Waals surface area contributed by atoms with Crippen molar-refractivity contribution in [1.82, 2.24) is 5.32 Å². The number of nitrogens with zero attached hydrogens (tertiary/aromatic N) is 1. The first-order chi connectivity index (χ1) is 17.3. The molecular weight excluding hydrogens is 458 g/mol. The summed E-state index contributed by atoms with van der Waals surface area (Å²) in [5.41, 5.74) is 4.08. The van der Waals surface area contributed by atoms with Crippen molar-refractivity contribution in [3.8, 4) is 5.75 Å². The summed E-state index contributed by atoms with van der Waals surface area (Å²) in [6.45, 7) is 4.49. The minimum Gasteiger partial charge on any atom is -0.497 e. The first kappa shape index (κ1) is 25.7. The van der Waals surface area contributed by atoms with Crippen molar-refractivity contribution in [2.75, 3.05) is 44.6 Å². The smallest absolute Gasteiger partial charge is 0.239 e. The van der Waals surface area contributed by atoms with E-state index in [9.17, 15) is 9.59 Å². The third-order valence-electron chi connectivity index (χ3n) is 6.74. The average molecular weight is 494 g/mol. The number of ketones is 1. The number of nitrogens with one attached hydrogen (secondary N) is 2. The Morgan fingerprint density at radius 1 is 1.08 bits per heavy atom. The van der Waals surface area contributed by atoms with Gasteiger partial charge in [-0.15, -0.1) is 0 Å². The monoisotopic (exact) mass is 493 g/mol. The summed E-state index contributed by atoms with van der Waals surface area (Å²) in [4.78, 5) is 28.9. The van der Waals surface area contributed by atoms with E-state index >= 15 is 0 Å². The second-order valence-corrected chi connectivity index (χ2v) is 9.98. The van der Waals surface area contributed by atoms with Gasteiger partial charge in [-0.2, -0.15) is 0 Å². The van der Waals surface area contributed by atoms with Crippen LogP contribution in [0.5, 0.6) is 5.75 Å². The molecule has 1 atom stereocenters. The van der Waals surface area contributed by atoms with E-state index in [-0.39, 0.29) is 30.2 Å². The van der Waals surface area contributed by atoms with Crippen molar-refractivity contribution in [2.24, 2.45) is 5.41 Å². The molecule has 1 aliphatic carbocycles. The number of hydrogen-bond donors (Lipinski definition) is 2. The van der Waals surface area contributed by atoms with Crippen molar-refractivity contribution in [3.63, 3.8) is 0 Å². The minimum absolute atomic E-state index is 0.0446. The number of para-hydroxylation sites is 2. The van der Waals surface area contributed by atoms with E-state index in [0.29, 0.717) is 12.0 Å². The van der Waals surface area contributed by atoms with Gasteiger partial charge >= 0.3 is 0 Å². The second kappa shape index (κ2) is 10.7. The van der Waals surface area contributed by atoms with Crippen LogP contribution in [0.3, 0.4) is 0 Å². The van der Waals surface area contributed by atoms with E-state index in [0.717, 1.165) is 34.8 Å². The van der Waals surface area contributed by atoms with Gasteiger partial charge in [0.05, 0.1) is 37.6 Å². The Hall–Kier alpha value is -3.36. The third-order valence-corrected chi connectivity index (χ3v) is 6.74. The van der Waals surface area contributed by atoms with Crippen LogP contribution in [0.2, 0.25) is 0 Å².